The van der Waals surface area contributed by atoms with Crippen LogP contribution in [0.25, 0.3) is 0 Å². The second-order valence-electron chi connectivity index (χ2n) is 4.40. The first kappa shape index (κ1) is 14.4. The Bertz CT molecular complexity index is 629. The predicted molar refractivity (Wildman–Crippen MR) is 83.9 cm³/mol. The van der Waals surface area contributed by atoms with Crippen molar-refractivity contribution >= 4 is 33.2 Å². The van der Waals surface area contributed by atoms with Crippen molar-refractivity contribution in [2.75, 3.05) is 17.7 Å². The highest BCUT2D eigenvalue weighted by molar-refractivity contribution is 9.10. The molecule has 2 aromatic rings. The van der Waals surface area contributed by atoms with Crippen molar-refractivity contribution in [2.24, 2.45) is 0 Å². The Morgan fingerprint density at radius 3 is 2.85 bits per heavy atom. The summed E-state index contributed by atoms with van der Waals surface area (Å²) in [5.74, 6) is 0.328. The van der Waals surface area contributed by atoms with Crippen LogP contribution in [0.5, 0.6) is 5.75 Å². The van der Waals surface area contributed by atoms with Crippen LogP contribution in [0.4, 0.5) is 11.4 Å². The Hall–Kier alpha value is -2.01. The third-order valence-corrected chi connectivity index (χ3v) is 3.27. The molecule has 0 radical (unpaired) electrons. The van der Waals surface area contributed by atoms with Gasteiger partial charge in [0, 0.05) is 17.4 Å². The quantitative estimate of drug-likeness (QED) is 0.842. The summed E-state index contributed by atoms with van der Waals surface area (Å²) in [6.45, 7) is 1.89. The average molecular weight is 335 g/mol. The first-order valence-corrected chi connectivity index (χ1v) is 6.88. The molecule has 0 aliphatic heterocycles. The van der Waals surface area contributed by atoms with E-state index in [2.05, 4.69) is 21.2 Å². The molecule has 0 saturated carbocycles. The highest BCUT2D eigenvalue weighted by atomic mass is 79.9. The van der Waals surface area contributed by atoms with Gasteiger partial charge in [-0.25, -0.2) is 0 Å². The zero-order chi connectivity index (χ0) is 14.5. The molecule has 2 aromatic carbocycles. The van der Waals surface area contributed by atoms with Gasteiger partial charge in [-0.3, -0.25) is 4.79 Å². The molecule has 2 rings (SSSR count). The Morgan fingerprint density at radius 2 is 2.10 bits per heavy atom. The van der Waals surface area contributed by atoms with Crippen LogP contribution in [0, 0.1) is 6.92 Å². The van der Waals surface area contributed by atoms with Crippen LogP contribution in [0.1, 0.15) is 5.56 Å². The minimum atomic E-state index is -0.218. The van der Waals surface area contributed by atoms with Gasteiger partial charge in [0.1, 0.15) is 5.75 Å². The van der Waals surface area contributed by atoms with Crippen LogP contribution in [0.15, 0.2) is 46.9 Å². The second-order valence-corrected chi connectivity index (χ2v) is 5.25. The Kier molecular flexibility index (Phi) is 4.63. The summed E-state index contributed by atoms with van der Waals surface area (Å²) in [4.78, 5) is 11.8. The van der Waals surface area contributed by atoms with Crippen molar-refractivity contribution in [1.29, 1.82) is 0 Å². The molecular formula is C15H15BrN2O2. The molecule has 0 saturated heterocycles. The maximum Gasteiger partial charge on any atom is 0.262 e. The number of amides is 1. The molecule has 4 nitrogen and oxygen atoms in total. The van der Waals surface area contributed by atoms with Crippen molar-refractivity contribution in [3.8, 4) is 5.75 Å². The number of halogens is 1. The van der Waals surface area contributed by atoms with E-state index in [1.54, 1.807) is 18.2 Å². The van der Waals surface area contributed by atoms with E-state index in [1.807, 2.05) is 31.2 Å². The lowest BCUT2D eigenvalue weighted by molar-refractivity contribution is -0.118. The summed E-state index contributed by atoms with van der Waals surface area (Å²) in [6, 6.07) is 12.8. The van der Waals surface area contributed by atoms with Crippen molar-refractivity contribution in [3.63, 3.8) is 0 Å². The van der Waals surface area contributed by atoms with Crippen molar-refractivity contribution in [3.05, 3.63) is 52.5 Å². The lowest BCUT2D eigenvalue weighted by Crippen LogP contribution is -2.20. The molecule has 5 heteroatoms. The van der Waals surface area contributed by atoms with E-state index in [-0.39, 0.29) is 12.5 Å². The summed E-state index contributed by atoms with van der Waals surface area (Å²) in [5.41, 5.74) is 8.10. The van der Waals surface area contributed by atoms with E-state index in [0.29, 0.717) is 11.4 Å². The number of carbonyl (C=O) groups is 1. The molecule has 0 aliphatic rings. The van der Waals surface area contributed by atoms with Gasteiger partial charge < -0.3 is 15.8 Å². The number of anilines is 2. The van der Waals surface area contributed by atoms with Gasteiger partial charge in [0.25, 0.3) is 5.91 Å². The van der Waals surface area contributed by atoms with Gasteiger partial charge in [-0.15, -0.1) is 0 Å². The minimum Gasteiger partial charge on any atom is -0.483 e. The van der Waals surface area contributed by atoms with E-state index < -0.39 is 0 Å². The molecular weight excluding hydrogens is 320 g/mol. The number of ether oxygens (including phenoxy) is 1. The summed E-state index contributed by atoms with van der Waals surface area (Å²) in [7, 11) is 0. The molecule has 0 atom stereocenters. The van der Waals surface area contributed by atoms with Crippen molar-refractivity contribution in [1.82, 2.24) is 0 Å². The zero-order valence-corrected chi connectivity index (χ0v) is 12.6. The summed E-state index contributed by atoms with van der Waals surface area (Å²) in [5, 5.41) is 2.78. The molecule has 0 aliphatic carbocycles. The molecule has 0 spiro atoms. The molecule has 0 fully saturated rings. The van der Waals surface area contributed by atoms with Crippen LogP contribution in [-0.2, 0) is 4.79 Å². The largest absolute Gasteiger partial charge is 0.483 e. The Labute approximate surface area is 126 Å². The maximum absolute atomic E-state index is 11.8. The van der Waals surface area contributed by atoms with Gasteiger partial charge in [-0.2, -0.15) is 0 Å². The van der Waals surface area contributed by atoms with Gasteiger partial charge in [0.05, 0.1) is 4.47 Å². The fourth-order valence-corrected chi connectivity index (χ4v) is 2.05. The number of nitrogens with two attached hydrogens (primary N) is 1. The topological polar surface area (TPSA) is 64.3 Å². The number of rotatable bonds is 4. The molecule has 0 unspecified atom stereocenters. The van der Waals surface area contributed by atoms with E-state index in [4.69, 9.17) is 10.5 Å². The lowest BCUT2D eigenvalue weighted by Gasteiger charge is -2.09. The Morgan fingerprint density at radius 1 is 1.30 bits per heavy atom. The van der Waals surface area contributed by atoms with Crippen molar-refractivity contribution in [2.45, 2.75) is 6.92 Å². The molecule has 3 N–H and O–H groups in total. The smallest absolute Gasteiger partial charge is 0.262 e. The number of nitrogens with one attached hydrogen (secondary N) is 1. The van der Waals surface area contributed by atoms with Gasteiger partial charge in [0.2, 0.25) is 0 Å². The second kappa shape index (κ2) is 6.43. The zero-order valence-electron chi connectivity index (χ0n) is 11.0. The maximum atomic E-state index is 11.8. The van der Waals surface area contributed by atoms with E-state index >= 15 is 0 Å². The molecule has 20 heavy (non-hydrogen) atoms. The highest BCUT2D eigenvalue weighted by Crippen LogP contribution is 2.26. The summed E-state index contributed by atoms with van der Waals surface area (Å²) in [6.07, 6.45) is 0. The van der Waals surface area contributed by atoms with Crippen LogP contribution in [0.3, 0.4) is 0 Å². The van der Waals surface area contributed by atoms with Gasteiger partial charge in [-0.05, 0) is 52.7 Å². The SMILES string of the molecule is Cc1cccc(NC(=O)COc2cc(N)ccc2Br)c1. The fourth-order valence-electron chi connectivity index (χ4n) is 1.69. The molecule has 1 amide bonds. The number of benzene rings is 2. The molecule has 0 bridgehead atoms. The summed E-state index contributed by atoms with van der Waals surface area (Å²) < 4.78 is 6.20. The first-order valence-electron chi connectivity index (χ1n) is 6.09. The molecule has 0 aromatic heterocycles. The standard InChI is InChI=1S/C15H15BrN2O2/c1-10-3-2-4-12(7-10)18-15(19)9-20-14-8-11(17)5-6-13(14)16/h2-8H,9,17H2,1H3,(H,18,19). The molecule has 104 valence electrons. The van der Waals surface area contributed by atoms with Crippen LogP contribution in [0.2, 0.25) is 0 Å². The fraction of sp³-hybridized carbons (Fsp3) is 0.133. The highest BCUT2D eigenvalue weighted by Gasteiger charge is 2.06. The van der Waals surface area contributed by atoms with Crippen molar-refractivity contribution < 1.29 is 9.53 Å². The van der Waals surface area contributed by atoms with Crippen LogP contribution >= 0.6 is 15.9 Å². The first-order chi connectivity index (χ1) is 9.54. The van der Waals surface area contributed by atoms with E-state index in [9.17, 15) is 4.79 Å². The van der Waals surface area contributed by atoms with E-state index in [0.717, 1.165) is 15.7 Å². The Balaban J connectivity index is 1.94. The number of hydrogen-bond acceptors (Lipinski definition) is 3. The normalized spacial score (nSPS) is 10.1. The number of carbonyl (C=O) groups excluding carboxylic acids is 1. The third kappa shape index (κ3) is 3.99. The summed E-state index contributed by atoms with van der Waals surface area (Å²) >= 11 is 3.34. The van der Waals surface area contributed by atoms with Crippen LogP contribution < -0.4 is 15.8 Å². The third-order valence-electron chi connectivity index (χ3n) is 2.62. The molecule has 0 heterocycles. The monoisotopic (exact) mass is 334 g/mol. The van der Waals surface area contributed by atoms with E-state index in [1.165, 1.54) is 0 Å². The van der Waals surface area contributed by atoms with Gasteiger partial charge in [0.15, 0.2) is 6.61 Å². The predicted octanol–water partition coefficient (Wildman–Crippen LogP) is 3.36. The average Bonchev–Trinajstić information content (AvgIpc) is 2.40. The number of nitrogen functional groups attached to an aromatic ring is 1. The number of aryl methyl sites for hydroxylation is 1. The van der Waals surface area contributed by atoms with Crippen LogP contribution in [-0.4, -0.2) is 12.5 Å². The van der Waals surface area contributed by atoms with Gasteiger partial charge in [-0.1, -0.05) is 12.1 Å². The number of hydrogen-bond donors (Lipinski definition) is 2. The lowest BCUT2D eigenvalue weighted by atomic mass is 10.2. The minimum absolute atomic E-state index is 0.0734. The van der Waals surface area contributed by atoms with Gasteiger partial charge >= 0.3 is 0 Å².